The van der Waals surface area contributed by atoms with Crippen LogP contribution in [0.1, 0.15) is 25.1 Å². The second-order valence-electron chi connectivity index (χ2n) is 6.71. The van der Waals surface area contributed by atoms with Gasteiger partial charge in [0, 0.05) is 39.7 Å². The Kier molecular flexibility index (Phi) is 5.85. The standard InChI is InChI=1S/C16H27N7O2/c1-22(2)15(24)9-18-16(17-8-13-4-3-7-25-13)21-12-5-6-14-19-11-20-23(14)10-12/h11-13H,3-10H2,1-2H3,(H2,17,18,21). The Hall–Kier alpha value is -2.16. The molecule has 25 heavy (non-hydrogen) atoms. The number of aliphatic imine (C=N–C) groups is 1. The molecule has 1 aromatic heterocycles. The second-order valence-corrected chi connectivity index (χ2v) is 6.71. The summed E-state index contributed by atoms with van der Waals surface area (Å²) in [6, 6.07) is 0.208. The quantitative estimate of drug-likeness (QED) is 0.544. The molecule has 0 aliphatic carbocycles. The predicted molar refractivity (Wildman–Crippen MR) is 93.2 cm³/mol. The van der Waals surface area contributed by atoms with Gasteiger partial charge in [0.05, 0.1) is 12.6 Å². The summed E-state index contributed by atoms with van der Waals surface area (Å²) < 4.78 is 7.57. The summed E-state index contributed by atoms with van der Waals surface area (Å²) in [5.41, 5.74) is 0. The number of aryl methyl sites for hydroxylation is 1. The molecule has 3 rings (SSSR count). The molecule has 0 saturated carbocycles. The normalized spacial score (nSPS) is 23.2. The third-order valence-corrected chi connectivity index (χ3v) is 4.54. The summed E-state index contributed by atoms with van der Waals surface area (Å²) in [5, 5.41) is 11.0. The van der Waals surface area contributed by atoms with E-state index in [-0.39, 0.29) is 24.6 Å². The topological polar surface area (TPSA) is 96.7 Å². The molecule has 9 nitrogen and oxygen atoms in total. The number of guanidine groups is 1. The summed E-state index contributed by atoms with van der Waals surface area (Å²) >= 11 is 0. The van der Waals surface area contributed by atoms with Crippen molar-refractivity contribution in [2.75, 3.05) is 33.8 Å². The van der Waals surface area contributed by atoms with Crippen LogP contribution in [0, 0.1) is 0 Å². The molecule has 2 unspecified atom stereocenters. The van der Waals surface area contributed by atoms with Crippen LogP contribution in [0.2, 0.25) is 0 Å². The van der Waals surface area contributed by atoms with Gasteiger partial charge >= 0.3 is 0 Å². The van der Waals surface area contributed by atoms with Gasteiger partial charge in [-0.3, -0.25) is 4.79 Å². The van der Waals surface area contributed by atoms with Crippen molar-refractivity contribution in [2.24, 2.45) is 4.99 Å². The van der Waals surface area contributed by atoms with Crippen LogP contribution < -0.4 is 10.6 Å². The van der Waals surface area contributed by atoms with Crippen LogP contribution in [0.25, 0.3) is 0 Å². The Morgan fingerprint density at radius 3 is 3.12 bits per heavy atom. The molecule has 2 aliphatic heterocycles. The number of likely N-dealkylation sites (N-methyl/N-ethyl adjacent to an activating group) is 1. The van der Waals surface area contributed by atoms with Gasteiger partial charge in [0.1, 0.15) is 18.7 Å². The zero-order valence-electron chi connectivity index (χ0n) is 14.9. The summed E-state index contributed by atoms with van der Waals surface area (Å²) in [7, 11) is 3.47. The van der Waals surface area contributed by atoms with Gasteiger partial charge in [0.15, 0.2) is 5.96 Å². The zero-order chi connectivity index (χ0) is 17.6. The van der Waals surface area contributed by atoms with Gasteiger partial charge in [-0.05, 0) is 19.3 Å². The van der Waals surface area contributed by atoms with Gasteiger partial charge in [-0.2, -0.15) is 5.10 Å². The first-order valence-corrected chi connectivity index (χ1v) is 8.85. The molecule has 9 heteroatoms. The van der Waals surface area contributed by atoms with Crippen molar-refractivity contribution in [2.45, 2.75) is 44.4 Å². The zero-order valence-corrected chi connectivity index (χ0v) is 14.9. The number of amides is 1. The third-order valence-electron chi connectivity index (χ3n) is 4.54. The van der Waals surface area contributed by atoms with Gasteiger partial charge < -0.3 is 20.3 Å². The highest BCUT2D eigenvalue weighted by Gasteiger charge is 2.22. The van der Waals surface area contributed by atoms with E-state index in [1.165, 1.54) is 0 Å². The number of hydrogen-bond acceptors (Lipinski definition) is 5. The summed E-state index contributed by atoms with van der Waals surface area (Å²) in [6.07, 6.45) is 5.81. The molecular weight excluding hydrogens is 322 g/mol. The maximum Gasteiger partial charge on any atom is 0.243 e. The van der Waals surface area contributed by atoms with Gasteiger partial charge in [-0.25, -0.2) is 14.7 Å². The Labute approximate surface area is 147 Å². The average Bonchev–Trinajstić information content (AvgIpc) is 3.27. The van der Waals surface area contributed by atoms with Gasteiger partial charge in [-0.15, -0.1) is 0 Å². The molecule has 2 aliphatic rings. The number of ether oxygens (including phenoxy) is 1. The molecule has 2 atom stereocenters. The molecule has 0 spiro atoms. The van der Waals surface area contributed by atoms with Crippen LogP contribution in [0.5, 0.6) is 0 Å². The average molecular weight is 349 g/mol. The van der Waals surface area contributed by atoms with E-state index in [1.807, 2.05) is 4.68 Å². The number of nitrogens with zero attached hydrogens (tertiary/aromatic N) is 5. The van der Waals surface area contributed by atoms with Crippen LogP contribution in [-0.4, -0.2) is 77.5 Å². The molecular formula is C16H27N7O2. The fourth-order valence-corrected chi connectivity index (χ4v) is 3.01. The molecule has 1 aromatic rings. The van der Waals surface area contributed by atoms with E-state index in [0.29, 0.717) is 12.5 Å². The minimum atomic E-state index is -0.0274. The smallest absolute Gasteiger partial charge is 0.243 e. The van der Waals surface area contributed by atoms with Crippen LogP contribution in [0.4, 0.5) is 0 Å². The van der Waals surface area contributed by atoms with Crippen molar-refractivity contribution in [1.82, 2.24) is 30.3 Å². The van der Waals surface area contributed by atoms with Crippen molar-refractivity contribution in [1.29, 1.82) is 0 Å². The number of rotatable bonds is 5. The van der Waals surface area contributed by atoms with Gasteiger partial charge in [0.25, 0.3) is 0 Å². The van der Waals surface area contributed by atoms with E-state index < -0.39 is 0 Å². The van der Waals surface area contributed by atoms with Crippen molar-refractivity contribution < 1.29 is 9.53 Å². The highest BCUT2D eigenvalue weighted by atomic mass is 16.5. The number of carbonyl (C=O) groups excluding carboxylic acids is 1. The Balaban J connectivity index is 1.58. The minimum Gasteiger partial charge on any atom is -0.376 e. The molecule has 1 fully saturated rings. The minimum absolute atomic E-state index is 0.0274. The maximum absolute atomic E-state index is 11.8. The lowest BCUT2D eigenvalue weighted by Crippen LogP contribution is -2.49. The number of carbonyl (C=O) groups is 1. The summed E-state index contributed by atoms with van der Waals surface area (Å²) in [6.45, 7) is 2.39. The number of hydrogen-bond donors (Lipinski definition) is 2. The molecule has 1 amide bonds. The largest absolute Gasteiger partial charge is 0.376 e. The Bertz CT molecular complexity index is 607. The maximum atomic E-state index is 11.8. The van der Waals surface area contributed by atoms with Crippen LogP contribution in [-0.2, 0) is 22.5 Å². The second kappa shape index (κ2) is 8.28. The van der Waals surface area contributed by atoms with E-state index in [0.717, 1.165) is 44.7 Å². The summed E-state index contributed by atoms with van der Waals surface area (Å²) in [4.78, 5) is 22.1. The molecule has 0 bridgehead atoms. The lowest BCUT2D eigenvalue weighted by molar-refractivity contribution is -0.127. The predicted octanol–water partition coefficient (Wildman–Crippen LogP) is -0.605. The highest BCUT2D eigenvalue weighted by molar-refractivity contribution is 5.84. The van der Waals surface area contributed by atoms with Crippen LogP contribution >= 0.6 is 0 Å². The Morgan fingerprint density at radius 1 is 1.48 bits per heavy atom. The molecule has 0 aromatic carbocycles. The first kappa shape index (κ1) is 17.7. The van der Waals surface area contributed by atoms with E-state index in [9.17, 15) is 4.79 Å². The van der Waals surface area contributed by atoms with E-state index in [2.05, 4.69) is 25.7 Å². The number of fused-ring (bicyclic) bond motifs is 1. The lowest BCUT2D eigenvalue weighted by Gasteiger charge is -2.26. The van der Waals surface area contributed by atoms with E-state index in [4.69, 9.17) is 4.74 Å². The Morgan fingerprint density at radius 2 is 2.36 bits per heavy atom. The first-order valence-electron chi connectivity index (χ1n) is 8.85. The molecule has 2 N–H and O–H groups in total. The van der Waals surface area contributed by atoms with Gasteiger partial charge in [0.2, 0.25) is 5.91 Å². The van der Waals surface area contributed by atoms with Crippen molar-refractivity contribution in [3.63, 3.8) is 0 Å². The number of nitrogens with one attached hydrogen (secondary N) is 2. The van der Waals surface area contributed by atoms with Gasteiger partial charge in [-0.1, -0.05) is 0 Å². The van der Waals surface area contributed by atoms with Crippen molar-refractivity contribution in [3.05, 3.63) is 12.2 Å². The van der Waals surface area contributed by atoms with Crippen molar-refractivity contribution >= 4 is 11.9 Å². The molecule has 0 radical (unpaired) electrons. The third kappa shape index (κ3) is 4.91. The monoisotopic (exact) mass is 349 g/mol. The number of aromatic nitrogens is 3. The fourth-order valence-electron chi connectivity index (χ4n) is 3.01. The van der Waals surface area contributed by atoms with Crippen molar-refractivity contribution in [3.8, 4) is 0 Å². The highest BCUT2D eigenvalue weighted by Crippen LogP contribution is 2.12. The molecule has 3 heterocycles. The van der Waals surface area contributed by atoms with E-state index in [1.54, 1.807) is 25.3 Å². The van der Waals surface area contributed by atoms with E-state index >= 15 is 0 Å². The van der Waals surface area contributed by atoms with Crippen LogP contribution in [0.3, 0.4) is 0 Å². The molecule has 1 saturated heterocycles. The fraction of sp³-hybridized carbons (Fsp3) is 0.750. The summed E-state index contributed by atoms with van der Waals surface area (Å²) in [5.74, 6) is 1.64. The molecule has 138 valence electrons. The van der Waals surface area contributed by atoms with Crippen LogP contribution in [0.15, 0.2) is 11.3 Å². The SMILES string of the molecule is CN(C)C(=O)CN=C(NCC1CCCO1)NC1CCc2ncnn2C1. The lowest BCUT2D eigenvalue weighted by atomic mass is 10.1. The first-order chi connectivity index (χ1) is 12.1.